The average Bonchev–Trinajstić information content (AvgIpc) is 2.78. The summed E-state index contributed by atoms with van der Waals surface area (Å²) < 4.78 is 0. The Kier molecular flexibility index (Phi) is 5.70. The van der Waals surface area contributed by atoms with Crippen molar-refractivity contribution in [1.82, 2.24) is 10.2 Å². The topological polar surface area (TPSA) is 69.6 Å². The van der Waals surface area contributed by atoms with Crippen LogP contribution in [-0.4, -0.2) is 34.9 Å². The van der Waals surface area contributed by atoms with Gasteiger partial charge in [0, 0.05) is 31.5 Å². The van der Waals surface area contributed by atoms with Gasteiger partial charge in [0.25, 0.3) is 0 Å². The molecule has 1 aliphatic heterocycles. The number of rotatable bonds is 4. The van der Waals surface area contributed by atoms with E-state index in [1.807, 2.05) is 60.7 Å². The van der Waals surface area contributed by atoms with Gasteiger partial charge in [-0.05, 0) is 35.2 Å². The van der Waals surface area contributed by atoms with Crippen LogP contribution in [0, 0.1) is 5.92 Å². The van der Waals surface area contributed by atoms with Crippen LogP contribution in [0.2, 0.25) is 0 Å². The van der Waals surface area contributed by atoms with Crippen molar-refractivity contribution in [2.45, 2.75) is 25.8 Å². The summed E-state index contributed by atoms with van der Waals surface area (Å²) >= 11 is 0. The zero-order valence-corrected chi connectivity index (χ0v) is 17.0. The molecule has 1 fully saturated rings. The number of piperidine rings is 1. The second kappa shape index (κ2) is 8.57. The molecule has 5 nitrogen and oxygen atoms in total. The van der Waals surface area contributed by atoms with Gasteiger partial charge in [-0.25, -0.2) is 0 Å². The van der Waals surface area contributed by atoms with Crippen molar-refractivity contribution in [3.8, 4) is 5.75 Å². The quantitative estimate of drug-likeness (QED) is 0.693. The molecule has 2 amide bonds. The fraction of sp³-hybridized carbons (Fsp3) is 0.280. The molecule has 1 heterocycles. The van der Waals surface area contributed by atoms with E-state index in [1.54, 1.807) is 17.9 Å². The van der Waals surface area contributed by atoms with Crippen molar-refractivity contribution in [2.75, 3.05) is 13.1 Å². The van der Waals surface area contributed by atoms with E-state index in [0.717, 1.165) is 16.3 Å². The molecule has 5 heteroatoms. The van der Waals surface area contributed by atoms with Gasteiger partial charge in [-0.2, -0.15) is 0 Å². The van der Waals surface area contributed by atoms with E-state index in [2.05, 4.69) is 5.32 Å². The molecule has 0 radical (unpaired) electrons. The molecule has 0 saturated carbocycles. The first-order valence-corrected chi connectivity index (χ1v) is 10.4. The van der Waals surface area contributed by atoms with Gasteiger partial charge in [-0.1, -0.05) is 60.7 Å². The first-order valence-electron chi connectivity index (χ1n) is 10.4. The number of benzene rings is 3. The Labute approximate surface area is 176 Å². The summed E-state index contributed by atoms with van der Waals surface area (Å²) in [4.78, 5) is 26.6. The number of nitrogens with zero attached hydrogens (tertiary/aromatic N) is 1. The lowest BCUT2D eigenvalue weighted by Gasteiger charge is -2.32. The second-order valence-corrected chi connectivity index (χ2v) is 7.85. The van der Waals surface area contributed by atoms with E-state index < -0.39 is 6.04 Å². The van der Waals surface area contributed by atoms with Crippen LogP contribution < -0.4 is 5.32 Å². The number of nitrogens with one attached hydrogen (secondary N) is 1. The van der Waals surface area contributed by atoms with Gasteiger partial charge < -0.3 is 15.3 Å². The molecule has 3 aromatic rings. The Morgan fingerprint density at radius 1 is 0.967 bits per heavy atom. The van der Waals surface area contributed by atoms with E-state index >= 15 is 0 Å². The van der Waals surface area contributed by atoms with Crippen LogP contribution in [-0.2, 0) is 9.59 Å². The number of amides is 2. The van der Waals surface area contributed by atoms with Crippen LogP contribution in [0.1, 0.15) is 36.9 Å². The van der Waals surface area contributed by atoms with E-state index in [4.69, 9.17) is 0 Å². The van der Waals surface area contributed by atoms with E-state index in [0.29, 0.717) is 31.5 Å². The molecule has 4 rings (SSSR count). The largest absolute Gasteiger partial charge is 0.508 e. The molecule has 30 heavy (non-hydrogen) atoms. The molecular weight excluding hydrogens is 376 g/mol. The molecule has 3 aromatic carbocycles. The molecule has 0 bridgehead atoms. The number of hydrogen-bond donors (Lipinski definition) is 2. The molecule has 1 aliphatic rings. The predicted octanol–water partition coefficient (Wildman–Crippen LogP) is 4.01. The van der Waals surface area contributed by atoms with Crippen molar-refractivity contribution in [3.05, 3.63) is 77.9 Å². The highest BCUT2D eigenvalue weighted by molar-refractivity contribution is 5.90. The zero-order valence-electron chi connectivity index (χ0n) is 17.0. The highest BCUT2D eigenvalue weighted by atomic mass is 16.3. The third-order valence-corrected chi connectivity index (χ3v) is 5.97. The molecule has 0 aromatic heterocycles. The number of carbonyl (C=O) groups excluding carboxylic acids is 2. The maximum absolute atomic E-state index is 13.2. The van der Waals surface area contributed by atoms with Crippen molar-refractivity contribution in [3.63, 3.8) is 0 Å². The minimum atomic E-state index is -0.462. The Hall–Kier alpha value is -3.34. The van der Waals surface area contributed by atoms with Gasteiger partial charge in [0.1, 0.15) is 5.75 Å². The lowest BCUT2D eigenvalue weighted by molar-refractivity contribution is -0.134. The lowest BCUT2D eigenvalue weighted by atomic mass is 9.90. The number of carbonyl (C=O) groups is 2. The highest BCUT2D eigenvalue weighted by Crippen LogP contribution is 2.36. The Morgan fingerprint density at radius 3 is 2.33 bits per heavy atom. The standard InChI is InChI=1S/C25H26N2O3/c1-17(28)27-15-13-20(14-16-27)25(30)26-24(19-8-3-2-4-9-19)23-21-10-6-5-7-18(21)11-12-22(23)29/h2-12,20,24,29H,13-16H2,1H3,(H,26,30)/t24-/m1/s1. The van der Waals surface area contributed by atoms with Gasteiger partial charge in [0.05, 0.1) is 6.04 Å². The molecular formula is C25H26N2O3. The number of aromatic hydroxyl groups is 1. The maximum Gasteiger partial charge on any atom is 0.223 e. The van der Waals surface area contributed by atoms with Gasteiger partial charge >= 0.3 is 0 Å². The molecule has 0 unspecified atom stereocenters. The summed E-state index contributed by atoms with van der Waals surface area (Å²) in [5.74, 6) is 0.0225. The first kappa shape index (κ1) is 20.0. The number of phenols is 1. The summed E-state index contributed by atoms with van der Waals surface area (Å²) in [6.45, 7) is 2.76. The van der Waals surface area contributed by atoms with Crippen LogP contribution in [0.15, 0.2) is 66.7 Å². The normalized spacial score (nSPS) is 15.7. The molecule has 0 aliphatic carbocycles. The molecule has 1 saturated heterocycles. The van der Waals surface area contributed by atoms with Crippen molar-refractivity contribution in [2.24, 2.45) is 5.92 Å². The minimum absolute atomic E-state index is 0.0422. The number of likely N-dealkylation sites (tertiary alicyclic amines) is 1. The summed E-state index contributed by atoms with van der Waals surface area (Å²) in [7, 11) is 0. The SMILES string of the molecule is CC(=O)N1CCC(C(=O)N[C@H](c2ccccc2)c2c(O)ccc3ccccc23)CC1. The Bertz CT molecular complexity index is 1060. The molecule has 154 valence electrons. The number of phenolic OH excluding ortho intramolecular Hbond substituents is 1. The number of fused-ring (bicyclic) bond motifs is 1. The summed E-state index contributed by atoms with van der Waals surface area (Å²) in [5.41, 5.74) is 1.62. The van der Waals surface area contributed by atoms with Gasteiger partial charge in [0.2, 0.25) is 11.8 Å². The molecule has 1 atom stereocenters. The van der Waals surface area contributed by atoms with Gasteiger partial charge in [-0.3, -0.25) is 9.59 Å². The van der Waals surface area contributed by atoms with Crippen molar-refractivity contribution < 1.29 is 14.7 Å². The van der Waals surface area contributed by atoms with E-state index in [9.17, 15) is 14.7 Å². The van der Waals surface area contributed by atoms with Crippen LogP contribution in [0.3, 0.4) is 0 Å². The predicted molar refractivity (Wildman–Crippen MR) is 117 cm³/mol. The van der Waals surface area contributed by atoms with Gasteiger partial charge in [-0.15, -0.1) is 0 Å². The van der Waals surface area contributed by atoms with E-state index in [-0.39, 0.29) is 23.5 Å². The lowest BCUT2D eigenvalue weighted by Crippen LogP contribution is -2.43. The minimum Gasteiger partial charge on any atom is -0.508 e. The smallest absolute Gasteiger partial charge is 0.223 e. The summed E-state index contributed by atoms with van der Waals surface area (Å²) in [6.07, 6.45) is 1.29. The second-order valence-electron chi connectivity index (χ2n) is 7.85. The zero-order chi connectivity index (χ0) is 21.1. The van der Waals surface area contributed by atoms with Crippen LogP contribution in [0.5, 0.6) is 5.75 Å². The Balaban J connectivity index is 1.67. The Morgan fingerprint density at radius 2 is 1.63 bits per heavy atom. The average molecular weight is 402 g/mol. The van der Waals surface area contributed by atoms with Crippen LogP contribution in [0.25, 0.3) is 10.8 Å². The third-order valence-electron chi connectivity index (χ3n) is 5.97. The number of hydrogen-bond acceptors (Lipinski definition) is 3. The highest BCUT2D eigenvalue weighted by Gasteiger charge is 2.29. The summed E-state index contributed by atoms with van der Waals surface area (Å²) in [5, 5.41) is 15.9. The third kappa shape index (κ3) is 4.01. The van der Waals surface area contributed by atoms with Gasteiger partial charge in [0.15, 0.2) is 0 Å². The monoisotopic (exact) mass is 402 g/mol. The first-order chi connectivity index (χ1) is 14.5. The van der Waals surface area contributed by atoms with Crippen molar-refractivity contribution in [1.29, 1.82) is 0 Å². The maximum atomic E-state index is 13.2. The molecule has 2 N–H and O–H groups in total. The van der Waals surface area contributed by atoms with E-state index in [1.165, 1.54) is 0 Å². The fourth-order valence-electron chi connectivity index (χ4n) is 4.27. The molecule has 0 spiro atoms. The van der Waals surface area contributed by atoms with Crippen molar-refractivity contribution >= 4 is 22.6 Å². The van der Waals surface area contributed by atoms with Crippen LogP contribution in [0.4, 0.5) is 0 Å². The fourth-order valence-corrected chi connectivity index (χ4v) is 4.27. The summed E-state index contributed by atoms with van der Waals surface area (Å²) in [6, 6.07) is 20.7. The van der Waals surface area contributed by atoms with Crippen LogP contribution >= 0.6 is 0 Å².